The Bertz CT molecular complexity index is 1420. The van der Waals surface area contributed by atoms with E-state index in [0.717, 1.165) is 33.1 Å². The maximum Gasteiger partial charge on any atom is 0.255 e. The summed E-state index contributed by atoms with van der Waals surface area (Å²) < 4.78 is 2.02. The molecule has 3 aromatic carbocycles. The van der Waals surface area contributed by atoms with E-state index < -0.39 is 0 Å². The molecule has 0 atom stereocenters. The van der Waals surface area contributed by atoms with Crippen LogP contribution in [0.3, 0.4) is 0 Å². The van der Waals surface area contributed by atoms with Crippen molar-refractivity contribution in [2.24, 2.45) is 0 Å². The van der Waals surface area contributed by atoms with E-state index in [1.165, 1.54) is 0 Å². The van der Waals surface area contributed by atoms with Crippen LogP contribution in [0.15, 0.2) is 72.9 Å². The van der Waals surface area contributed by atoms with Gasteiger partial charge in [0.15, 0.2) is 0 Å². The van der Waals surface area contributed by atoms with E-state index in [-0.39, 0.29) is 12.5 Å². The number of fused-ring (bicyclic) bond motifs is 2. The minimum absolute atomic E-state index is 0.0964. The summed E-state index contributed by atoms with van der Waals surface area (Å²) in [5.74, 6) is -0.224. The summed E-state index contributed by atoms with van der Waals surface area (Å²) in [6.07, 6.45) is 1.97. The summed E-state index contributed by atoms with van der Waals surface area (Å²) >= 11 is 6.00. The number of halogens is 1. The Morgan fingerprint density at radius 1 is 1.10 bits per heavy atom. The number of aromatic amines is 1. The molecule has 7 heteroatoms. The lowest BCUT2D eigenvalue weighted by atomic mass is 10.1. The number of H-pyrrole nitrogens is 1. The van der Waals surface area contributed by atoms with Crippen molar-refractivity contribution in [2.45, 2.75) is 6.54 Å². The standard InChI is InChI=1S/C24H19ClN4O2/c25-18-3-1-2-17(13-18)24(31)26-19-5-6-21-20(14-19)23(28-27-21)16-4-7-22-15(12-16)8-9-29(22)10-11-30/h1-9,12-14,30H,10-11H2,(H,26,31)(H,27,28). The highest BCUT2D eigenvalue weighted by atomic mass is 35.5. The number of carbonyl (C=O) groups excluding carboxylic acids is 1. The molecule has 0 fully saturated rings. The molecule has 0 bridgehead atoms. The highest BCUT2D eigenvalue weighted by molar-refractivity contribution is 6.31. The first-order valence-corrected chi connectivity index (χ1v) is 10.3. The number of aliphatic hydroxyl groups excluding tert-OH is 1. The van der Waals surface area contributed by atoms with Gasteiger partial charge < -0.3 is 15.0 Å². The minimum atomic E-state index is -0.224. The quantitative estimate of drug-likeness (QED) is 0.363. The molecule has 0 unspecified atom stereocenters. The summed E-state index contributed by atoms with van der Waals surface area (Å²) in [5, 5.41) is 22.2. The third-order valence-corrected chi connectivity index (χ3v) is 5.53. The number of aromatic nitrogens is 3. The molecule has 2 heterocycles. The molecule has 0 aliphatic rings. The van der Waals surface area contributed by atoms with E-state index in [2.05, 4.69) is 21.6 Å². The average Bonchev–Trinajstić information content (AvgIpc) is 3.37. The lowest BCUT2D eigenvalue weighted by Crippen LogP contribution is -2.11. The predicted octanol–water partition coefficient (Wildman–Crippen LogP) is 5.08. The van der Waals surface area contributed by atoms with Crippen molar-refractivity contribution in [2.75, 3.05) is 11.9 Å². The van der Waals surface area contributed by atoms with Gasteiger partial charge in [-0.15, -0.1) is 0 Å². The maximum absolute atomic E-state index is 12.6. The molecular formula is C24H19ClN4O2. The zero-order valence-electron chi connectivity index (χ0n) is 16.5. The largest absolute Gasteiger partial charge is 0.395 e. The molecule has 6 nitrogen and oxygen atoms in total. The van der Waals surface area contributed by atoms with Gasteiger partial charge in [-0.2, -0.15) is 5.10 Å². The van der Waals surface area contributed by atoms with Crippen LogP contribution in [0.2, 0.25) is 5.02 Å². The number of benzene rings is 3. The van der Waals surface area contributed by atoms with E-state index in [4.69, 9.17) is 11.6 Å². The normalized spacial score (nSPS) is 11.3. The molecule has 2 aromatic heterocycles. The van der Waals surface area contributed by atoms with Crippen molar-refractivity contribution in [3.05, 3.63) is 83.5 Å². The van der Waals surface area contributed by atoms with Crippen LogP contribution in [-0.4, -0.2) is 32.4 Å². The van der Waals surface area contributed by atoms with Crippen molar-refractivity contribution in [1.82, 2.24) is 14.8 Å². The molecule has 5 rings (SSSR count). The molecule has 31 heavy (non-hydrogen) atoms. The Morgan fingerprint density at radius 3 is 2.84 bits per heavy atom. The third-order valence-electron chi connectivity index (χ3n) is 5.29. The van der Waals surface area contributed by atoms with Crippen LogP contribution in [0.5, 0.6) is 0 Å². The molecular weight excluding hydrogens is 412 g/mol. The number of aliphatic hydroxyl groups is 1. The fourth-order valence-electron chi connectivity index (χ4n) is 3.79. The van der Waals surface area contributed by atoms with Crippen molar-refractivity contribution in [3.63, 3.8) is 0 Å². The number of hydrogen-bond donors (Lipinski definition) is 3. The summed E-state index contributed by atoms with van der Waals surface area (Å²) in [6.45, 7) is 0.656. The number of nitrogens with one attached hydrogen (secondary N) is 2. The monoisotopic (exact) mass is 430 g/mol. The van der Waals surface area contributed by atoms with Crippen molar-refractivity contribution < 1.29 is 9.90 Å². The van der Waals surface area contributed by atoms with Gasteiger partial charge in [0, 0.05) is 50.9 Å². The Kier molecular flexibility index (Phi) is 4.94. The van der Waals surface area contributed by atoms with Crippen LogP contribution in [0.25, 0.3) is 33.1 Å². The van der Waals surface area contributed by atoms with E-state index in [9.17, 15) is 9.90 Å². The van der Waals surface area contributed by atoms with E-state index in [0.29, 0.717) is 22.8 Å². The van der Waals surface area contributed by atoms with Crippen molar-refractivity contribution in [3.8, 4) is 11.3 Å². The number of nitrogens with zero attached hydrogens (tertiary/aromatic N) is 2. The lowest BCUT2D eigenvalue weighted by Gasteiger charge is -2.07. The fourth-order valence-corrected chi connectivity index (χ4v) is 3.99. The Hall–Kier alpha value is -3.61. The summed E-state index contributed by atoms with van der Waals surface area (Å²) in [4.78, 5) is 12.6. The molecule has 1 amide bonds. The van der Waals surface area contributed by atoms with Crippen LogP contribution >= 0.6 is 11.6 Å². The maximum atomic E-state index is 12.6. The highest BCUT2D eigenvalue weighted by Gasteiger charge is 2.12. The molecule has 0 aliphatic carbocycles. The molecule has 0 saturated carbocycles. The molecule has 154 valence electrons. The molecule has 0 radical (unpaired) electrons. The van der Waals surface area contributed by atoms with Crippen LogP contribution in [0.1, 0.15) is 10.4 Å². The first kappa shape index (κ1) is 19.4. The van der Waals surface area contributed by atoms with Crippen LogP contribution in [0.4, 0.5) is 5.69 Å². The first-order valence-electron chi connectivity index (χ1n) is 9.87. The fraction of sp³-hybridized carbons (Fsp3) is 0.0833. The zero-order valence-corrected chi connectivity index (χ0v) is 17.2. The lowest BCUT2D eigenvalue weighted by molar-refractivity contribution is 0.102. The van der Waals surface area contributed by atoms with E-state index in [1.807, 2.05) is 47.2 Å². The number of rotatable bonds is 5. The van der Waals surface area contributed by atoms with Gasteiger partial charge in [0.05, 0.1) is 17.8 Å². The zero-order chi connectivity index (χ0) is 21.4. The topological polar surface area (TPSA) is 82.9 Å². The Morgan fingerprint density at radius 2 is 2.00 bits per heavy atom. The molecule has 3 N–H and O–H groups in total. The van der Waals surface area contributed by atoms with Crippen LogP contribution < -0.4 is 5.32 Å². The van der Waals surface area contributed by atoms with Crippen LogP contribution in [-0.2, 0) is 6.54 Å². The summed E-state index contributed by atoms with van der Waals surface area (Å²) in [6, 6.07) is 20.6. The third kappa shape index (κ3) is 3.67. The number of amides is 1. The Labute approximate surface area is 183 Å². The van der Waals surface area contributed by atoms with E-state index in [1.54, 1.807) is 24.3 Å². The van der Waals surface area contributed by atoms with Gasteiger partial charge in [-0.3, -0.25) is 9.89 Å². The predicted molar refractivity (Wildman–Crippen MR) is 124 cm³/mol. The van der Waals surface area contributed by atoms with Gasteiger partial charge in [0.2, 0.25) is 0 Å². The molecule has 0 aliphatic heterocycles. The summed E-state index contributed by atoms with van der Waals surface area (Å²) in [5.41, 5.74) is 4.90. The van der Waals surface area contributed by atoms with Gasteiger partial charge in [-0.25, -0.2) is 0 Å². The first-order chi connectivity index (χ1) is 15.1. The van der Waals surface area contributed by atoms with Gasteiger partial charge in [-0.1, -0.05) is 23.7 Å². The number of hydrogen-bond acceptors (Lipinski definition) is 3. The SMILES string of the molecule is O=C(Nc1ccc2[nH]nc(-c3ccc4c(ccn4CCO)c3)c2c1)c1cccc(Cl)c1. The summed E-state index contributed by atoms with van der Waals surface area (Å²) in [7, 11) is 0. The second-order valence-corrected chi connectivity index (χ2v) is 7.74. The van der Waals surface area contributed by atoms with Gasteiger partial charge in [0.25, 0.3) is 5.91 Å². The molecule has 0 saturated heterocycles. The van der Waals surface area contributed by atoms with Crippen LogP contribution in [0, 0.1) is 0 Å². The molecule has 0 spiro atoms. The van der Waals surface area contributed by atoms with E-state index >= 15 is 0 Å². The smallest absolute Gasteiger partial charge is 0.255 e. The Balaban J connectivity index is 1.49. The second-order valence-electron chi connectivity index (χ2n) is 7.30. The number of carbonyl (C=O) groups is 1. The number of anilines is 1. The van der Waals surface area contributed by atoms with Crippen molar-refractivity contribution >= 4 is 45.0 Å². The van der Waals surface area contributed by atoms with Gasteiger partial charge in [0.1, 0.15) is 0 Å². The van der Waals surface area contributed by atoms with Gasteiger partial charge >= 0.3 is 0 Å². The van der Waals surface area contributed by atoms with Crippen molar-refractivity contribution in [1.29, 1.82) is 0 Å². The average molecular weight is 431 g/mol. The van der Waals surface area contributed by atoms with Gasteiger partial charge in [-0.05, 0) is 54.6 Å². The highest BCUT2D eigenvalue weighted by Crippen LogP contribution is 2.31. The minimum Gasteiger partial charge on any atom is -0.395 e. The molecule has 5 aromatic rings. The second kappa shape index (κ2) is 7.91.